The minimum atomic E-state index is -0.999. The number of hydrogen-bond donors (Lipinski definition) is 4. The summed E-state index contributed by atoms with van der Waals surface area (Å²) in [6.07, 6.45) is 0.304. The highest BCUT2D eigenvalue weighted by Gasteiger charge is 2.36. The molecule has 0 aliphatic carbocycles. The summed E-state index contributed by atoms with van der Waals surface area (Å²) in [5.74, 6) is -1.44. The highest BCUT2D eigenvalue weighted by Crippen LogP contribution is 2.34. The van der Waals surface area contributed by atoms with Gasteiger partial charge in [-0.25, -0.2) is 0 Å². The fraction of sp³-hybridized carbons (Fsp3) is 0.200. The van der Waals surface area contributed by atoms with Crippen LogP contribution in [0.25, 0.3) is 0 Å². The number of amides is 2. The van der Waals surface area contributed by atoms with Crippen LogP contribution >= 0.6 is 0 Å². The molecule has 1 unspecified atom stereocenters. The molecule has 1 heterocycles. The van der Waals surface area contributed by atoms with Crippen molar-refractivity contribution >= 4 is 29.8 Å². The van der Waals surface area contributed by atoms with E-state index in [9.17, 15) is 14.4 Å². The summed E-state index contributed by atoms with van der Waals surface area (Å²) in [7, 11) is 0. The average molecular weight is 395 g/mol. The van der Waals surface area contributed by atoms with Crippen LogP contribution in [0.2, 0.25) is 0 Å². The lowest BCUT2D eigenvalue weighted by Gasteiger charge is -2.32. The van der Waals surface area contributed by atoms with E-state index < -0.39 is 12.0 Å². The molecule has 150 valence electrons. The van der Waals surface area contributed by atoms with Crippen molar-refractivity contribution in [1.82, 2.24) is 10.3 Å². The van der Waals surface area contributed by atoms with E-state index >= 15 is 0 Å². The fourth-order valence-electron chi connectivity index (χ4n) is 3.34. The highest BCUT2D eigenvalue weighted by molar-refractivity contribution is 5.95. The number of carboxylic acids is 1. The number of hydrazine groups is 1. The monoisotopic (exact) mass is 395 g/mol. The molecule has 0 fully saturated rings. The zero-order valence-electron chi connectivity index (χ0n) is 15.5. The van der Waals surface area contributed by atoms with Gasteiger partial charge in [0.1, 0.15) is 5.84 Å². The summed E-state index contributed by atoms with van der Waals surface area (Å²) in [5.41, 5.74) is 10.6. The number of carbonyl (C=O) groups excluding carboxylic acids is 2. The molecule has 0 aromatic heterocycles. The number of hydrogen-bond acceptors (Lipinski definition) is 5. The number of rotatable bonds is 7. The first-order valence-corrected chi connectivity index (χ1v) is 8.94. The Kier molecular flexibility index (Phi) is 5.77. The third-order valence-electron chi connectivity index (χ3n) is 4.74. The third kappa shape index (κ3) is 4.18. The lowest BCUT2D eigenvalue weighted by molar-refractivity contribution is -0.139. The first-order valence-electron chi connectivity index (χ1n) is 8.94. The van der Waals surface area contributed by atoms with Crippen molar-refractivity contribution in [3.63, 3.8) is 0 Å². The number of amidine groups is 1. The van der Waals surface area contributed by atoms with Gasteiger partial charge in [0.15, 0.2) is 6.04 Å². The van der Waals surface area contributed by atoms with Crippen LogP contribution in [0, 0.1) is 5.41 Å². The maximum atomic E-state index is 13.4. The van der Waals surface area contributed by atoms with Gasteiger partial charge in [-0.1, -0.05) is 42.5 Å². The summed E-state index contributed by atoms with van der Waals surface area (Å²) in [6, 6.07) is 12.9. The number of nitrogens with two attached hydrogens (primary N) is 1. The second kappa shape index (κ2) is 8.42. The van der Waals surface area contributed by atoms with Crippen LogP contribution in [-0.2, 0) is 20.9 Å². The van der Waals surface area contributed by atoms with E-state index in [0.717, 1.165) is 5.56 Å². The Morgan fingerprint density at radius 2 is 1.93 bits per heavy atom. The minimum absolute atomic E-state index is 0.0411. The zero-order valence-corrected chi connectivity index (χ0v) is 15.5. The highest BCUT2D eigenvalue weighted by atomic mass is 16.4. The van der Waals surface area contributed by atoms with Gasteiger partial charge in [-0.3, -0.25) is 30.2 Å². The van der Waals surface area contributed by atoms with Crippen LogP contribution in [0.15, 0.2) is 48.5 Å². The second-order valence-corrected chi connectivity index (χ2v) is 6.59. The van der Waals surface area contributed by atoms with Gasteiger partial charge in [-0.2, -0.15) is 0 Å². The Morgan fingerprint density at radius 3 is 2.55 bits per heavy atom. The third-order valence-corrected chi connectivity index (χ3v) is 4.74. The van der Waals surface area contributed by atoms with Gasteiger partial charge in [0.05, 0.1) is 12.1 Å². The smallest absolute Gasteiger partial charge is 0.305 e. The average Bonchev–Trinajstić information content (AvgIpc) is 2.82. The molecule has 1 atom stereocenters. The van der Waals surface area contributed by atoms with Crippen molar-refractivity contribution in [2.75, 3.05) is 11.6 Å². The Labute approximate surface area is 167 Å². The van der Waals surface area contributed by atoms with Crippen LogP contribution in [0.3, 0.4) is 0 Å². The van der Waals surface area contributed by atoms with Crippen LogP contribution < -0.4 is 16.2 Å². The maximum Gasteiger partial charge on any atom is 0.305 e. The Balaban J connectivity index is 2.09. The number of nitrogens with zero attached hydrogens (tertiary/aromatic N) is 2. The van der Waals surface area contributed by atoms with Crippen LogP contribution in [0.5, 0.6) is 0 Å². The molecule has 2 aromatic rings. The summed E-state index contributed by atoms with van der Waals surface area (Å²) in [4.78, 5) is 37.3. The fourth-order valence-corrected chi connectivity index (χ4v) is 3.34. The topological polar surface area (TPSA) is 140 Å². The molecule has 1 aliphatic rings. The number of benzene rings is 2. The predicted molar refractivity (Wildman–Crippen MR) is 106 cm³/mol. The zero-order chi connectivity index (χ0) is 21.0. The van der Waals surface area contributed by atoms with Crippen LogP contribution in [0.4, 0.5) is 5.69 Å². The van der Waals surface area contributed by atoms with Crippen molar-refractivity contribution in [2.24, 2.45) is 5.73 Å². The molecule has 0 bridgehead atoms. The minimum Gasteiger partial charge on any atom is -0.481 e. The maximum absolute atomic E-state index is 13.4. The SMILES string of the molecule is N=C(N)c1ccc(C2C(=O)N(CCC(=O)O)Cc3ccccc3N2NC=O)cc1. The molecule has 0 saturated carbocycles. The number of aliphatic carboxylic acids is 1. The first kappa shape index (κ1) is 19.9. The molecule has 0 spiro atoms. The largest absolute Gasteiger partial charge is 0.481 e. The van der Waals surface area contributed by atoms with Gasteiger partial charge < -0.3 is 15.7 Å². The number of para-hydroxylation sites is 1. The van der Waals surface area contributed by atoms with E-state index in [4.69, 9.17) is 16.2 Å². The van der Waals surface area contributed by atoms with Crippen molar-refractivity contribution in [3.05, 3.63) is 65.2 Å². The van der Waals surface area contributed by atoms with Gasteiger partial charge in [0.25, 0.3) is 5.91 Å². The summed E-state index contributed by atoms with van der Waals surface area (Å²) in [5, 5.41) is 18.1. The van der Waals surface area contributed by atoms with Crippen LogP contribution in [-0.4, -0.2) is 40.7 Å². The number of nitrogens with one attached hydrogen (secondary N) is 2. The van der Waals surface area contributed by atoms with Gasteiger partial charge in [-0.15, -0.1) is 0 Å². The molecule has 0 radical (unpaired) electrons. The summed E-state index contributed by atoms with van der Waals surface area (Å²) >= 11 is 0. The lowest BCUT2D eigenvalue weighted by atomic mass is 10.0. The molecule has 3 rings (SSSR count). The van der Waals surface area contributed by atoms with E-state index in [2.05, 4.69) is 5.43 Å². The quantitative estimate of drug-likeness (QED) is 0.313. The molecule has 5 N–H and O–H groups in total. The molecule has 0 saturated heterocycles. The lowest BCUT2D eigenvalue weighted by Crippen LogP contribution is -2.47. The molecular weight excluding hydrogens is 374 g/mol. The second-order valence-electron chi connectivity index (χ2n) is 6.59. The van der Waals surface area contributed by atoms with Gasteiger partial charge in [-0.05, 0) is 17.2 Å². The summed E-state index contributed by atoms with van der Waals surface area (Å²) in [6.45, 7) is 0.265. The van der Waals surface area contributed by atoms with Crippen molar-refractivity contribution in [1.29, 1.82) is 5.41 Å². The van der Waals surface area contributed by atoms with E-state index in [1.54, 1.807) is 36.4 Å². The van der Waals surface area contributed by atoms with Gasteiger partial charge in [0.2, 0.25) is 6.41 Å². The summed E-state index contributed by atoms with van der Waals surface area (Å²) < 4.78 is 0. The predicted octanol–water partition coefficient (Wildman–Crippen LogP) is 0.996. The number of nitrogen functional groups attached to an aromatic ring is 1. The van der Waals surface area contributed by atoms with Crippen molar-refractivity contribution in [3.8, 4) is 0 Å². The molecule has 29 heavy (non-hydrogen) atoms. The van der Waals surface area contributed by atoms with E-state index in [0.29, 0.717) is 23.2 Å². The molecule has 2 amide bonds. The number of fused-ring (bicyclic) bond motifs is 1. The number of anilines is 1. The van der Waals surface area contributed by atoms with E-state index in [1.807, 2.05) is 12.1 Å². The Bertz CT molecular complexity index is 944. The molecular formula is C20H21N5O4. The number of carbonyl (C=O) groups is 3. The number of carboxylic acid groups (broad SMARTS) is 1. The molecule has 2 aromatic carbocycles. The van der Waals surface area contributed by atoms with Gasteiger partial charge >= 0.3 is 5.97 Å². The normalized spacial score (nSPS) is 16.0. The van der Waals surface area contributed by atoms with Crippen molar-refractivity contribution < 1.29 is 19.5 Å². The van der Waals surface area contributed by atoms with Gasteiger partial charge in [0, 0.05) is 18.7 Å². The van der Waals surface area contributed by atoms with Crippen LogP contribution in [0.1, 0.15) is 29.2 Å². The Morgan fingerprint density at radius 1 is 1.24 bits per heavy atom. The Hall–Kier alpha value is -3.88. The van der Waals surface area contributed by atoms with E-state index in [1.165, 1.54) is 9.91 Å². The van der Waals surface area contributed by atoms with Crippen molar-refractivity contribution in [2.45, 2.75) is 19.0 Å². The first-order chi connectivity index (χ1) is 13.9. The molecule has 9 heteroatoms. The standard InChI is InChI=1S/C20H21N5O4/c21-19(22)14-7-5-13(6-8-14)18-20(29)24(10-9-17(27)28)11-15-3-1-2-4-16(15)25(18)23-12-26/h1-8,12,18H,9-11H2,(H3,21,22)(H,23,26)(H,27,28). The molecule has 1 aliphatic heterocycles. The van der Waals surface area contributed by atoms with E-state index in [-0.39, 0.29) is 31.3 Å². The molecule has 9 nitrogen and oxygen atoms in total.